The first-order valence-electron chi connectivity index (χ1n) is 6.22. The summed E-state index contributed by atoms with van der Waals surface area (Å²) in [4.78, 5) is 8.76. The minimum Gasteiger partial charge on any atom is -0.370 e. The van der Waals surface area contributed by atoms with Crippen molar-refractivity contribution in [3.05, 3.63) is 23.8 Å². The number of aromatic nitrogens is 2. The smallest absolute Gasteiger partial charge is 0.157 e. The number of rotatable bonds is 6. The van der Waals surface area contributed by atoms with Gasteiger partial charge in [0.15, 0.2) is 5.82 Å². The third-order valence-electron chi connectivity index (χ3n) is 2.49. The summed E-state index contributed by atoms with van der Waals surface area (Å²) in [6, 6.07) is 0.136. The monoisotopic (exact) mass is 237 g/mol. The largest absolute Gasteiger partial charge is 0.370 e. The highest BCUT2D eigenvalue weighted by molar-refractivity contribution is 5.08. The van der Waals surface area contributed by atoms with Crippen LogP contribution >= 0.6 is 0 Å². The summed E-state index contributed by atoms with van der Waals surface area (Å²) in [6.07, 6.45) is 4.48. The molecule has 1 aromatic heterocycles. The molecule has 4 heteroatoms. The van der Waals surface area contributed by atoms with Crippen molar-refractivity contribution in [3.63, 3.8) is 0 Å². The van der Waals surface area contributed by atoms with Gasteiger partial charge in [0.2, 0.25) is 0 Å². The molecule has 1 aromatic rings. The van der Waals surface area contributed by atoms with Crippen LogP contribution in [0.4, 0.5) is 0 Å². The van der Waals surface area contributed by atoms with Crippen LogP contribution in [0.25, 0.3) is 0 Å². The van der Waals surface area contributed by atoms with Crippen LogP contribution in [-0.4, -0.2) is 22.6 Å². The molecule has 17 heavy (non-hydrogen) atoms. The van der Waals surface area contributed by atoms with E-state index in [2.05, 4.69) is 23.8 Å². The Morgan fingerprint density at radius 3 is 2.24 bits per heavy atom. The Bertz CT molecular complexity index is 322. The number of nitrogens with two attached hydrogens (primary N) is 1. The second kappa shape index (κ2) is 6.67. The molecule has 0 aliphatic rings. The molecule has 96 valence electrons. The maximum atomic E-state index is 5.74. The van der Waals surface area contributed by atoms with E-state index in [0.29, 0.717) is 12.5 Å². The molecule has 0 fully saturated rings. The molecule has 0 aromatic carbocycles. The van der Waals surface area contributed by atoms with Crippen molar-refractivity contribution in [3.8, 4) is 0 Å². The van der Waals surface area contributed by atoms with Crippen LogP contribution in [-0.2, 0) is 11.2 Å². The third-order valence-corrected chi connectivity index (χ3v) is 2.49. The minimum absolute atomic E-state index is 0.0238. The van der Waals surface area contributed by atoms with E-state index in [1.54, 1.807) is 0 Å². The quantitative estimate of drug-likeness (QED) is 0.823. The van der Waals surface area contributed by atoms with E-state index in [1.165, 1.54) is 0 Å². The first-order valence-corrected chi connectivity index (χ1v) is 6.22. The average Bonchev–Trinajstić information content (AvgIpc) is 2.26. The maximum Gasteiger partial charge on any atom is 0.157 e. The van der Waals surface area contributed by atoms with E-state index in [1.807, 2.05) is 26.2 Å². The highest BCUT2D eigenvalue weighted by Gasteiger charge is 2.18. The number of nitrogens with zero attached hydrogens (tertiary/aromatic N) is 2. The molecule has 2 atom stereocenters. The zero-order valence-corrected chi connectivity index (χ0v) is 11.2. The average molecular weight is 237 g/mol. The molecule has 1 heterocycles. The second-order valence-electron chi connectivity index (χ2n) is 4.75. The van der Waals surface area contributed by atoms with E-state index in [4.69, 9.17) is 10.5 Å². The van der Waals surface area contributed by atoms with Gasteiger partial charge in [0.1, 0.15) is 6.10 Å². The molecule has 1 rings (SSSR count). The van der Waals surface area contributed by atoms with Gasteiger partial charge in [0.05, 0.1) is 0 Å². The number of hydrogen-bond donors (Lipinski definition) is 1. The lowest BCUT2D eigenvalue weighted by Crippen LogP contribution is -2.19. The second-order valence-corrected chi connectivity index (χ2v) is 4.75. The lowest BCUT2D eigenvalue weighted by Gasteiger charge is -2.19. The van der Waals surface area contributed by atoms with Crippen molar-refractivity contribution >= 4 is 0 Å². The van der Waals surface area contributed by atoms with E-state index in [9.17, 15) is 0 Å². The SMILES string of the molecule is CCOC(c1ncc(CC(C)N)cn1)C(C)C. The van der Waals surface area contributed by atoms with Crippen LogP contribution in [0.2, 0.25) is 0 Å². The Kier molecular flexibility index (Phi) is 5.51. The molecule has 0 radical (unpaired) electrons. The fourth-order valence-electron chi connectivity index (χ4n) is 1.73. The lowest BCUT2D eigenvalue weighted by atomic mass is 10.1. The first kappa shape index (κ1) is 14.1. The van der Waals surface area contributed by atoms with Crippen LogP contribution in [0.5, 0.6) is 0 Å². The van der Waals surface area contributed by atoms with Crippen LogP contribution in [0.15, 0.2) is 12.4 Å². The zero-order chi connectivity index (χ0) is 12.8. The van der Waals surface area contributed by atoms with Gasteiger partial charge in [0.25, 0.3) is 0 Å². The zero-order valence-electron chi connectivity index (χ0n) is 11.2. The summed E-state index contributed by atoms with van der Waals surface area (Å²) in [6.45, 7) is 8.86. The Hall–Kier alpha value is -1.00. The number of ether oxygens (including phenoxy) is 1. The fourth-order valence-corrected chi connectivity index (χ4v) is 1.73. The summed E-state index contributed by atoms with van der Waals surface area (Å²) in [5.41, 5.74) is 6.81. The van der Waals surface area contributed by atoms with Gasteiger partial charge < -0.3 is 10.5 Å². The van der Waals surface area contributed by atoms with Crippen molar-refractivity contribution in [2.75, 3.05) is 6.61 Å². The van der Waals surface area contributed by atoms with Crippen molar-refractivity contribution in [2.45, 2.75) is 46.3 Å². The highest BCUT2D eigenvalue weighted by atomic mass is 16.5. The Morgan fingerprint density at radius 1 is 1.24 bits per heavy atom. The Labute approximate surface area is 104 Å². The molecule has 2 unspecified atom stereocenters. The minimum atomic E-state index is -0.0238. The molecule has 4 nitrogen and oxygen atoms in total. The summed E-state index contributed by atoms with van der Waals surface area (Å²) in [5.74, 6) is 1.13. The van der Waals surface area contributed by atoms with E-state index in [-0.39, 0.29) is 12.1 Å². The topological polar surface area (TPSA) is 61.0 Å². The van der Waals surface area contributed by atoms with Gasteiger partial charge in [-0.05, 0) is 31.7 Å². The van der Waals surface area contributed by atoms with Crippen LogP contribution in [0.1, 0.15) is 45.2 Å². The summed E-state index contributed by atoms with van der Waals surface area (Å²) >= 11 is 0. The molecular formula is C13H23N3O. The van der Waals surface area contributed by atoms with Gasteiger partial charge in [-0.25, -0.2) is 9.97 Å². The Morgan fingerprint density at radius 2 is 1.82 bits per heavy atom. The van der Waals surface area contributed by atoms with Crippen LogP contribution in [0, 0.1) is 5.92 Å². The first-order chi connectivity index (χ1) is 8.04. The van der Waals surface area contributed by atoms with Crippen LogP contribution < -0.4 is 5.73 Å². The molecule has 0 spiro atoms. The van der Waals surface area contributed by atoms with Crippen molar-refractivity contribution in [2.24, 2.45) is 11.7 Å². The molecule has 2 N–H and O–H groups in total. The Balaban J connectivity index is 2.77. The molecule has 0 saturated heterocycles. The van der Waals surface area contributed by atoms with Gasteiger partial charge in [-0.1, -0.05) is 13.8 Å². The van der Waals surface area contributed by atoms with E-state index < -0.39 is 0 Å². The summed E-state index contributed by atoms with van der Waals surface area (Å²) < 4.78 is 5.66. The predicted octanol–water partition coefficient (Wildman–Crippen LogP) is 2.10. The summed E-state index contributed by atoms with van der Waals surface area (Å²) in [5, 5.41) is 0. The van der Waals surface area contributed by atoms with Crippen molar-refractivity contribution < 1.29 is 4.74 Å². The van der Waals surface area contributed by atoms with Gasteiger partial charge in [-0.2, -0.15) is 0 Å². The van der Waals surface area contributed by atoms with Gasteiger partial charge in [-0.3, -0.25) is 0 Å². The molecule has 0 aliphatic carbocycles. The normalized spacial score (nSPS) is 14.9. The van der Waals surface area contributed by atoms with Gasteiger partial charge >= 0.3 is 0 Å². The van der Waals surface area contributed by atoms with Crippen molar-refractivity contribution in [1.29, 1.82) is 0 Å². The van der Waals surface area contributed by atoms with Crippen LogP contribution in [0.3, 0.4) is 0 Å². The van der Waals surface area contributed by atoms with Gasteiger partial charge in [0, 0.05) is 25.0 Å². The molecule has 0 saturated carbocycles. The molecule has 0 bridgehead atoms. The molecular weight excluding hydrogens is 214 g/mol. The number of hydrogen-bond acceptors (Lipinski definition) is 4. The predicted molar refractivity (Wildman–Crippen MR) is 68.6 cm³/mol. The lowest BCUT2D eigenvalue weighted by molar-refractivity contribution is 0.0231. The highest BCUT2D eigenvalue weighted by Crippen LogP contribution is 2.22. The van der Waals surface area contributed by atoms with E-state index in [0.717, 1.165) is 17.8 Å². The van der Waals surface area contributed by atoms with Gasteiger partial charge in [-0.15, -0.1) is 0 Å². The van der Waals surface area contributed by atoms with E-state index >= 15 is 0 Å². The summed E-state index contributed by atoms with van der Waals surface area (Å²) in [7, 11) is 0. The third kappa shape index (κ3) is 4.40. The maximum absolute atomic E-state index is 5.74. The molecule has 0 amide bonds. The van der Waals surface area contributed by atoms with Crippen molar-refractivity contribution in [1.82, 2.24) is 9.97 Å². The molecule has 0 aliphatic heterocycles. The fraction of sp³-hybridized carbons (Fsp3) is 0.692. The standard InChI is InChI=1S/C13H23N3O/c1-5-17-12(9(2)3)13-15-7-11(8-16-13)6-10(4)14/h7-10,12H,5-6,14H2,1-4H3.